The van der Waals surface area contributed by atoms with Crippen LogP contribution in [-0.4, -0.2) is 20.2 Å². The van der Waals surface area contributed by atoms with Crippen LogP contribution in [0.5, 0.6) is 0 Å². The number of aliphatic hydroxyl groups excluding tert-OH is 1. The number of hydrogen-bond acceptors (Lipinski definition) is 6. The molecule has 16 heavy (non-hydrogen) atoms. The number of aliphatic hydroxyl groups is 1. The highest BCUT2D eigenvalue weighted by Crippen LogP contribution is 2.17. The van der Waals surface area contributed by atoms with Crippen LogP contribution >= 0.6 is 0 Å². The van der Waals surface area contributed by atoms with Gasteiger partial charge < -0.3 is 15.4 Å². The Balaban J connectivity index is 2.34. The van der Waals surface area contributed by atoms with Crippen LogP contribution in [0.2, 0.25) is 0 Å². The van der Waals surface area contributed by atoms with Gasteiger partial charge in [0.1, 0.15) is 0 Å². The Labute approximate surface area is 92.1 Å². The maximum Gasteiger partial charge on any atom is 0.243 e. The Morgan fingerprint density at radius 2 is 2.38 bits per heavy atom. The molecule has 3 N–H and O–H groups in total. The van der Waals surface area contributed by atoms with Crippen molar-refractivity contribution < 1.29 is 9.63 Å². The molecule has 0 fully saturated rings. The van der Waals surface area contributed by atoms with E-state index in [1.54, 1.807) is 25.3 Å². The van der Waals surface area contributed by atoms with E-state index in [0.29, 0.717) is 17.4 Å². The molecule has 84 valence electrons. The molecule has 0 spiro atoms. The Morgan fingerprint density at radius 1 is 1.56 bits per heavy atom. The molecule has 2 rings (SSSR count). The van der Waals surface area contributed by atoms with Gasteiger partial charge in [0.05, 0.1) is 18.3 Å². The minimum atomic E-state index is -0.291. The third-order valence-electron chi connectivity index (χ3n) is 2.07. The predicted molar refractivity (Wildman–Crippen MR) is 56.1 cm³/mol. The number of nitrogens with zero attached hydrogens (tertiary/aromatic N) is 3. The molecule has 6 nitrogen and oxygen atoms in total. The lowest BCUT2D eigenvalue weighted by Crippen LogP contribution is -2.04. The molecule has 0 saturated heterocycles. The molecule has 1 atom stereocenters. The molecule has 2 heterocycles. The van der Waals surface area contributed by atoms with Gasteiger partial charge in [-0.05, 0) is 19.1 Å². The maximum absolute atomic E-state index is 8.96. The molecule has 0 amide bonds. The highest BCUT2D eigenvalue weighted by molar-refractivity contribution is 5.53. The Hall–Kier alpha value is -1.79. The van der Waals surface area contributed by atoms with E-state index in [2.05, 4.69) is 15.1 Å². The average Bonchev–Trinajstić information content (AvgIpc) is 2.78. The summed E-state index contributed by atoms with van der Waals surface area (Å²) in [5.41, 5.74) is 6.92. The monoisotopic (exact) mass is 220 g/mol. The van der Waals surface area contributed by atoms with Gasteiger partial charge in [-0.15, -0.1) is 0 Å². The molecule has 2 aromatic rings. The molecule has 0 radical (unpaired) electrons. The number of rotatable bonds is 3. The lowest BCUT2D eigenvalue weighted by molar-refractivity contribution is 0.277. The van der Waals surface area contributed by atoms with E-state index in [1.165, 1.54) is 0 Å². The summed E-state index contributed by atoms with van der Waals surface area (Å²) >= 11 is 0. The van der Waals surface area contributed by atoms with E-state index >= 15 is 0 Å². The second-order valence-corrected chi connectivity index (χ2v) is 3.44. The fraction of sp³-hybridized carbons (Fsp3) is 0.300. The van der Waals surface area contributed by atoms with Crippen LogP contribution in [0.3, 0.4) is 0 Å². The lowest BCUT2D eigenvalue weighted by atomic mass is 10.2. The molecule has 0 unspecified atom stereocenters. The number of aromatic nitrogens is 3. The van der Waals surface area contributed by atoms with Gasteiger partial charge in [0, 0.05) is 11.8 Å². The maximum atomic E-state index is 8.96. The third-order valence-corrected chi connectivity index (χ3v) is 2.07. The molecule has 0 aliphatic heterocycles. The van der Waals surface area contributed by atoms with Crippen molar-refractivity contribution in [3.63, 3.8) is 0 Å². The summed E-state index contributed by atoms with van der Waals surface area (Å²) in [6, 6.07) is 3.16. The summed E-state index contributed by atoms with van der Waals surface area (Å²) < 4.78 is 4.98. The number of hydrogen-bond donors (Lipinski definition) is 2. The Morgan fingerprint density at radius 3 is 3.00 bits per heavy atom. The second-order valence-electron chi connectivity index (χ2n) is 3.44. The molecule has 0 aromatic carbocycles. The van der Waals surface area contributed by atoms with E-state index in [4.69, 9.17) is 15.4 Å². The quantitative estimate of drug-likeness (QED) is 0.787. The van der Waals surface area contributed by atoms with Crippen molar-refractivity contribution in [3.05, 3.63) is 29.9 Å². The van der Waals surface area contributed by atoms with Crippen LogP contribution in [0.25, 0.3) is 11.4 Å². The van der Waals surface area contributed by atoms with E-state index in [1.807, 2.05) is 0 Å². The van der Waals surface area contributed by atoms with Crippen molar-refractivity contribution in [3.8, 4) is 11.4 Å². The van der Waals surface area contributed by atoms with Gasteiger partial charge in [-0.2, -0.15) is 4.98 Å². The van der Waals surface area contributed by atoms with Crippen LogP contribution in [0.1, 0.15) is 24.6 Å². The van der Waals surface area contributed by atoms with Crippen molar-refractivity contribution in [2.75, 3.05) is 0 Å². The molecule has 2 aromatic heterocycles. The standard InChI is InChI=1S/C10H12N4O2/c1-6(11)10-13-9(14-16-10)7-2-3-12-8(4-7)5-15/h2-4,6,15H,5,11H2,1H3/t6-/m0/s1. The first-order chi connectivity index (χ1) is 7.70. The average molecular weight is 220 g/mol. The highest BCUT2D eigenvalue weighted by Gasteiger charge is 2.11. The van der Waals surface area contributed by atoms with Gasteiger partial charge in [0.25, 0.3) is 0 Å². The molecule has 0 saturated carbocycles. The minimum absolute atomic E-state index is 0.119. The lowest BCUT2D eigenvalue weighted by Gasteiger charge is -1.97. The fourth-order valence-electron chi connectivity index (χ4n) is 1.24. The molecule has 0 bridgehead atoms. The SMILES string of the molecule is C[C@H](N)c1nc(-c2ccnc(CO)c2)no1. The van der Waals surface area contributed by atoms with Gasteiger partial charge in [-0.3, -0.25) is 4.98 Å². The molecule has 0 aliphatic rings. The van der Waals surface area contributed by atoms with Crippen LogP contribution in [0.15, 0.2) is 22.9 Å². The van der Waals surface area contributed by atoms with Gasteiger partial charge in [0.15, 0.2) is 0 Å². The van der Waals surface area contributed by atoms with E-state index in [0.717, 1.165) is 5.56 Å². The Kier molecular flexibility index (Phi) is 2.93. The molecule has 6 heteroatoms. The fourth-order valence-corrected chi connectivity index (χ4v) is 1.24. The van der Waals surface area contributed by atoms with Crippen molar-refractivity contribution >= 4 is 0 Å². The van der Waals surface area contributed by atoms with Gasteiger partial charge in [-0.1, -0.05) is 5.16 Å². The summed E-state index contributed by atoms with van der Waals surface area (Å²) in [5.74, 6) is 0.835. The minimum Gasteiger partial charge on any atom is -0.390 e. The summed E-state index contributed by atoms with van der Waals surface area (Å²) in [4.78, 5) is 8.11. The third kappa shape index (κ3) is 2.07. The number of nitrogens with two attached hydrogens (primary N) is 1. The van der Waals surface area contributed by atoms with Crippen molar-refractivity contribution in [1.82, 2.24) is 15.1 Å². The second kappa shape index (κ2) is 4.38. The summed E-state index contributed by atoms with van der Waals surface area (Å²) in [6.07, 6.45) is 1.59. The predicted octanol–water partition coefficient (Wildman–Crippen LogP) is 0.644. The number of pyridine rings is 1. The van der Waals surface area contributed by atoms with Crippen LogP contribution in [0, 0.1) is 0 Å². The van der Waals surface area contributed by atoms with Crippen LogP contribution in [-0.2, 0) is 6.61 Å². The van der Waals surface area contributed by atoms with E-state index in [-0.39, 0.29) is 12.6 Å². The summed E-state index contributed by atoms with van der Waals surface area (Å²) in [6.45, 7) is 1.65. The first kappa shape index (κ1) is 10.7. The molecule has 0 aliphatic carbocycles. The largest absolute Gasteiger partial charge is 0.390 e. The summed E-state index contributed by atoms with van der Waals surface area (Å²) in [5, 5.41) is 12.8. The van der Waals surface area contributed by atoms with Crippen molar-refractivity contribution in [1.29, 1.82) is 0 Å². The van der Waals surface area contributed by atoms with Crippen molar-refractivity contribution in [2.24, 2.45) is 5.73 Å². The first-order valence-electron chi connectivity index (χ1n) is 4.86. The topological polar surface area (TPSA) is 98.1 Å². The molecular formula is C10H12N4O2. The van der Waals surface area contributed by atoms with Crippen LogP contribution < -0.4 is 5.73 Å². The zero-order chi connectivity index (χ0) is 11.5. The van der Waals surface area contributed by atoms with E-state index in [9.17, 15) is 0 Å². The van der Waals surface area contributed by atoms with Crippen LogP contribution in [0.4, 0.5) is 0 Å². The highest BCUT2D eigenvalue weighted by atomic mass is 16.5. The zero-order valence-electron chi connectivity index (χ0n) is 8.79. The first-order valence-corrected chi connectivity index (χ1v) is 4.86. The zero-order valence-corrected chi connectivity index (χ0v) is 8.79. The van der Waals surface area contributed by atoms with Crippen molar-refractivity contribution in [2.45, 2.75) is 19.6 Å². The van der Waals surface area contributed by atoms with Gasteiger partial charge in [-0.25, -0.2) is 0 Å². The smallest absolute Gasteiger partial charge is 0.243 e. The normalized spacial score (nSPS) is 12.7. The summed E-state index contributed by atoms with van der Waals surface area (Å²) in [7, 11) is 0. The Bertz CT molecular complexity index is 481. The van der Waals surface area contributed by atoms with E-state index < -0.39 is 0 Å². The molecular weight excluding hydrogens is 208 g/mol. The van der Waals surface area contributed by atoms with Gasteiger partial charge >= 0.3 is 0 Å². The van der Waals surface area contributed by atoms with Gasteiger partial charge in [0.2, 0.25) is 11.7 Å².